The van der Waals surface area contributed by atoms with Crippen molar-refractivity contribution in [1.29, 1.82) is 0 Å². The normalized spacial score (nSPS) is 12.7. The molecular weight excluding hydrogens is 306 g/mol. The number of hydrogen-bond donors (Lipinski definition) is 2. The number of rotatable bonds is 6. The van der Waals surface area contributed by atoms with E-state index in [4.69, 9.17) is 5.11 Å². The van der Waals surface area contributed by atoms with Gasteiger partial charge in [-0.15, -0.1) is 0 Å². The lowest BCUT2D eigenvalue weighted by Crippen LogP contribution is -2.33. The van der Waals surface area contributed by atoms with Gasteiger partial charge in [0, 0.05) is 24.3 Å². The van der Waals surface area contributed by atoms with Crippen molar-refractivity contribution in [2.75, 3.05) is 6.26 Å². The average Bonchev–Trinajstić information content (AvgIpc) is 2.37. The second-order valence-corrected chi connectivity index (χ2v) is 7.51. The summed E-state index contributed by atoms with van der Waals surface area (Å²) >= 11 is 0. The van der Waals surface area contributed by atoms with Crippen LogP contribution in [0, 0.1) is 13.8 Å². The third kappa shape index (κ3) is 4.84. The van der Waals surface area contributed by atoms with E-state index >= 15 is 0 Å². The van der Waals surface area contributed by atoms with Gasteiger partial charge in [-0.2, -0.15) is 0 Å². The largest absolute Gasteiger partial charge is 0.481 e. The Balaban J connectivity index is 3.03. The van der Waals surface area contributed by atoms with E-state index in [1.54, 1.807) is 20.8 Å². The molecule has 22 heavy (non-hydrogen) atoms. The molecule has 1 aromatic carbocycles. The number of aliphatic carboxylic acids is 1. The molecular formula is C15H21NO5S. The van der Waals surface area contributed by atoms with Crippen LogP contribution >= 0.6 is 0 Å². The first kappa shape index (κ1) is 18.2. The summed E-state index contributed by atoms with van der Waals surface area (Å²) < 4.78 is 23.3. The first-order valence-corrected chi connectivity index (χ1v) is 8.75. The van der Waals surface area contributed by atoms with Crippen LogP contribution in [0.15, 0.2) is 17.0 Å². The van der Waals surface area contributed by atoms with Gasteiger partial charge in [0.15, 0.2) is 9.84 Å². The van der Waals surface area contributed by atoms with E-state index < -0.39 is 21.7 Å². The molecule has 6 nitrogen and oxygen atoms in total. The van der Waals surface area contributed by atoms with Gasteiger partial charge in [0.05, 0.1) is 4.90 Å². The van der Waals surface area contributed by atoms with Crippen molar-refractivity contribution < 1.29 is 23.1 Å². The molecule has 0 radical (unpaired) electrons. The topological polar surface area (TPSA) is 101 Å². The molecule has 7 heteroatoms. The zero-order chi connectivity index (χ0) is 17.1. The smallest absolute Gasteiger partial charge is 0.303 e. The number of nitrogens with one attached hydrogen (secondary N) is 1. The molecule has 0 aliphatic heterocycles. The number of sulfone groups is 1. The number of carboxylic acid groups (broad SMARTS) is 1. The van der Waals surface area contributed by atoms with Gasteiger partial charge >= 0.3 is 5.97 Å². The highest BCUT2D eigenvalue weighted by Crippen LogP contribution is 2.20. The van der Waals surface area contributed by atoms with E-state index in [2.05, 4.69) is 5.32 Å². The molecule has 0 aliphatic rings. The molecule has 122 valence electrons. The fourth-order valence-electron chi connectivity index (χ4n) is 1.99. The van der Waals surface area contributed by atoms with Gasteiger partial charge in [0.2, 0.25) is 0 Å². The molecule has 1 amide bonds. The van der Waals surface area contributed by atoms with Crippen molar-refractivity contribution in [2.24, 2.45) is 0 Å². The van der Waals surface area contributed by atoms with Crippen LogP contribution in [-0.4, -0.2) is 37.7 Å². The standard InChI is InChI=1S/C15H21NO5S/c1-9-7-12(22(4,20)21)8-13(11(9)3)15(19)16-10(2)5-6-14(17)18/h7-8,10H,5-6H2,1-4H3,(H,16,19)(H,17,18). The van der Waals surface area contributed by atoms with Gasteiger partial charge in [0.25, 0.3) is 5.91 Å². The number of carboxylic acids is 1. The maximum atomic E-state index is 12.3. The quantitative estimate of drug-likeness (QED) is 0.828. The van der Waals surface area contributed by atoms with Gasteiger partial charge in [-0.1, -0.05) is 0 Å². The molecule has 1 unspecified atom stereocenters. The molecule has 0 saturated heterocycles. The molecule has 0 spiro atoms. The number of benzene rings is 1. The predicted octanol–water partition coefficient (Wildman–Crippen LogP) is 1.69. The minimum Gasteiger partial charge on any atom is -0.481 e. The Labute approximate surface area is 130 Å². The number of carbonyl (C=O) groups excluding carboxylic acids is 1. The summed E-state index contributed by atoms with van der Waals surface area (Å²) in [7, 11) is -3.41. The summed E-state index contributed by atoms with van der Waals surface area (Å²) in [5, 5.41) is 11.3. The minimum atomic E-state index is -3.41. The van der Waals surface area contributed by atoms with Crippen molar-refractivity contribution in [2.45, 2.75) is 44.6 Å². The van der Waals surface area contributed by atoms with Crippen LogP contribution in [-0.2, 0) is 14.6 Å². The molecule has 2 N–H and O–H groups in total. The first-order valence-electron chi connectivity index (χ1n) is 6.86. The van der Waals surface area contributed by atoms with Crippen molar-refractivity contribution >= 4 is 21.7 Å². The number of hydrogen-bond acceptors (Lipinski definition) is 4. The Bertz CT molecular complexity index is 694. The van der Waals surface area contributed by atoms with Crippen LogP contribution in [0.1, 0.15) is 41.3 Å². The third-order valence-electron chi connectivity index (χ3n) is 3.48. The zero-order valence-electron chi connectivity index (χ0n) is 13.1. The SMILES string of the molecule is Cc1cc(S(C)(=O)=O)cc(C(=O)NC(C)CCC(=O)O)c1C. The zero-order valence-corrected chi connectivity index (χ0v) is 14.0. The minimum absolute atomic E-state index is 0.0389. The molecule has 1 rings (SSSR count). The highest BCUT2D eigenvalue weighted by molar-refractivity contribution is 7.90. The summed E-state index contributed by atoms with van der Waals surface area (Å²) in [5.74, 6) is -1.32. The summed E-state index contributed by atoms with van der Waals surface area (Å²) in [6.45, 7) is 5.20. The fraction of sp³-hybridized carbons (Fsp3) is 0.467. The molecule has 0 heterocycles. The van der Waals surface area contributed by atoms with Crippen LogP contribution < -0.4 is 5.32 Å². The van der Waals surface area contributed by atoms with Crippen molar-refractivity contribution in [3.8, 4) is 0 Å². The number of aryl methyl sites for hydroxylation is 1. The van der Waals surface area contributed by atoms with E-state index in [9.17, 15) is 18.0 Å². The van der Waals surface area contributed by atoms with Crippen molar-refractivity contribution in [3.05, 3.63) is 28.8 Å². The Morgan fingerprint density at radius 3 is 2.36 bits per heavy atom. The number of carbonyl (C=O) groups is 2. The lowest BCUT2D eigenvalue weighted by Gasteiger charge is -2.16. The van der Waals surface area contributed by atoms with E-state index in [1.165, 1.54) is 12.1 Å². The molecule has 1 aromatic rings. The van der Waals surface area contributed by atoms with Gasteiger partial charge < -0.3 is 10.4 Å². The van der Waals surface area contributed by atoms with E-state index in [-0.39, 0.29) is 17.4 Å². The van der Waals surface area contributed by atoms with Crippen LogP contribution in [0.25, 0.3) is 0 Å². The summed E-state index contributed by atoms with van der Waals surface area (Å²) in [4.78, 5) is 22.9. The summed E-state index contributed by atoms with van der Waals surface area (Å²) in [6.07, 6.45) is 1.36. The molecule has 0 saturated carbocycles. The molecule has 0 aliphatic carbocycles. The first-order chi connectivity index (χ1) is 10.0. The Hall–Kier alpha value is -1.89. The van der Waals surface area contributed by atoms with Crippen molar-refractivity contribution in [1.82, 2.24) is 5.32 Å². The van der Waals surface area contributed by atoms with E-state index in [1.807, 2.05) is 0 Å². The van der Waals surface area contributed by atoms with Gasteiger partial charge in [-0.25, -0.2) is 8.42 Å². The monoisotopic (exact) mass is 327 g/mol. The Morgan fingerprint density at radius 1 is 1.27 bits per heavy atom. The predicted molar refractivity (Wildman–Crippen MR) is 82.8 cm³/mol. The lowest BCUT2D eigenvalue weighted by atomic mass is 10.0. The highest BCUT2D eigenvalue weighted by atomic mass is 32.2. The molecule has 0 aromatic heterocycles. The maximum Gasteiger partial charge on any atom is 0.303 e. The highest BCUT2D eigenvalue weighted by Gasteiger charge is 2.18. The maximum absolute atomic E-state index is 12.3. The van der Waals surface area contributed by atoms with Gasteiger partial charge in [-0.3, -0.25) is 9.59 Å². The van der Waals surface area contributed by atoms with Crippen LogP contribution in [0.5, 0.6) is 0 Å². The lowest BCUT2D eigenvalue weighted by molar-refractivity contribution is -0.137. The fourth-order valence-corrected chi connectivity index (χ4v) is 2.71. The van der Waals surface area contributed by atoms with Gasteiger partial charge in [0.1, 0.15) is 0 Å². The summed E-state index contributed by atoms with van der Waals surface area (Å²) in [6, 6.07) is 2.58. The van der Waals surface area contributed by atoms with E-state index in [0.29, 0.717) is 23.1 Å². The second-order valence-electron chi connectivity index (χ2n) is 5.49. The molecule has 0 bridgehead atoms. The molecule has 0 fully saturated rings. The Kier molecular flexibility index (Phi) is 5.71. The summed E-state index contributed by atoms with van der Waals surface area (Å²) in [5.41, 5.74) is 1.71. The van der Waals surface area contributed by atoms with Crippen molar-refractivity contribution in [3.63, 3.8) is 0 Å². The number of amides is 1. The Morgan fingerprint density at radius 2 is 1.86 bits per heavy atom. The van der Waals surface area contributed by atoms with Crippen LogP contribution in [0.3, 0.4) is 0 Å². The second kappa shape index (κ2) is 6.91. The van der Waals surface area contributed by atoms with Gasteiger partial charge in [-0.05, 0) is 50.5 Å². The molecule has 1 atom stereocenters. The van der Waals surface area contributed by atoms with Crippen LogP contribution in [0.2, 0.25) is 0 Å². The average molecular weight is 327 g/mol. The van der Waals surface area contributed by atoms with Crippen LogP contribution in [0.4, 0.5) is 0 Å². The van der Waals surface area contributed by atoms with E-state index in [0.717, 1.165) is 6.26 Å². The third-order valence-corrected chi connectivity index (χ3v) is 4.57.